The fourth-order valence-electron chi connectivity index (χ4n) is 1.81. The number of thiophene rings is 1. The predicted molar refractivity (Wildman–Crippen MR) is 73.7 cm³/mol. The Morgan fingerprint density at radius 2 is 1.82 bits per heavy atom. The molecule has 17 heavy (non-hydrogen) atoms. The number of ketones is 1. The summed E-state index contributed by atoms with van der Waals surface area (Å²) >= 11 is 1.69. The second kappa shape index (κ2) is 4.84. The Kier molecular flexibility index (Phi) is 3.43. The van der Waals surface area contributed by atoms with E-state index < -0.39 is 0 Å². The molecule has 1 heterocycles. The molecule has 2 heteroatoms. The lowest BCUT2D eigenvalue weighted by molar-refractivity contribution is 0.0940. The lowest BCUT2D eigenvalue weighted by atomic mass is 9.99. The van der Waals surface area contributed by atoms with Crippen molar-refractivity contribution in [3.63, 3.8) is 0 Å². The third-order valence-electron chi connectivity index (χ3n) is 2.68. The number of hydrogen-bond acceptors (Lipinski definition) is 2. The second-order valence-electron chi connectivity index (χ2n) is 4.48. The molecule has 0 spiro atoms. The van der Waals surface area contributed by atoms with Gasteiger partial charge in [-0.3, -0.25) is 4.79 Å². The van der Waals surface area contributed by atoms with Crippen LogP contribution in [0.25, 0.3) is 10.4 Å². The maximum atomic E-state index is 12.2. The van der Waals surface area contributed by atoms with Gasteiger partial charge in [0.25, 0.3) is 0 Å². The van der Waals surface area contributed by atoms with Crippen LogP contribution >= 0.6 is 11.3 Å². The van der Waals surface area contributed by atoms with Crippen LogP contribution in [-0.4, -0.2) is 5.78 Å². The van der Waals surface area contributed by atoms with Crippen LogP contribution < -0.4 is 0 Å². The molecule has 2 rings (SSSR count). The van der Waals surface area contributed by atoms with Crippen molar-refractivity contribution in [1.29, 1.82) is 0 Å². The fourth-order valence-corrected chi connectivity index (χ4v) is 2.83. The molecular weight excluding hydrogens is 228 g/mol. The average Bonchev–Trinajstić information content (AvgIpc) is 2.71. The molecule has 1 nitrogen and oxygen atoms in total. The van der Waals surface area contributed by atoms with Gasteiger partial charge in [-0.05, 0) is 18.6 Å². The third kappa shape index (κ3) is 2.47. The van der Waals surface area contributed by atoms with Gasteiger partial charge in [0.1, 0.15) is 0 Å². The van der Waals surface area contributed by atoms with Crippen LogP contribution in [0.3, 0.4) is 0 Å². The Morgan fingerprint density at radius 1 is 1.18 bits per heavy atom. The first-order valence-electron chi connectivity index (χ1n) is 5.79. The minimum Gasteiger partial charge on any atom is -0.294 e. The number of aryl methyl sites for hydroxylation is 1. The Morgan fingerprint density at radius 3 is 2.41 bits per heavy atom. The fraction of sp³-hybridized carbons (Fsp3) is 0.267. The van der Waals surface area contributed by atoms with E-state index in [-0.39, 0.29) is 11.7 Å². The normalized spacial score (nSPS) is 10.8. The van der Waals surface area contributed by atoms with Gasteiger partial charge in [-0.1, -0.05) is 44.2 Å². The summed E-state index contributed by atoms with van der Waals surface area (Å²) in [7, 11) is 0. The van der Waals surface area contributed by atoms with Gasteiger partial charge in [0, 0.05) is 21.2 Å². The molecule has 0 saturated carbocycles. The van der Waals surface area contributed by atoms with Crippen LogP contribution in [0.2, 0.25) is 0 Å². The van der Waals surface area contributed by atoms with Crippen LogP contribution in [0.15, 0.2) is 36.4 Å². The minimum absolute atomic E-state index is 0.0477. The van der Waals surface area contributed by atoms with E-state index >= 15 is 0 Å². The van der Waals surface area contributed by atoms with Gasteiger partial charge in [-0.15, -0.1) is 11.3 Å². The van der Waals surface area contributed by atoms with Gasteiger partial charge in [0.05, 0.1) is 0 Å². The number of hydrogen-bond donors (Lipinski definition) is 0. The van der Waals surface area contributed by atoms with E-state index in [1.807, 2.05) is 45.0 Å². The van der Waals surface area contributed by atoms with E-state index in [0.717, 1.165) is 16.0 Å². The Hall–Kier alpha value is -1.41. The summed E-state index contributed by atoms with van der Waals surface area (Å²) in [4.78, 5) is 14.4. The van der Waals surface area contributed by atoms with Gasteiger partial charge >= 0.3 is 0 Å². The maximum absolute atomic E-state index is 12.2. The van der Waals surface area contributed by atoms with E-state index in [0.29, 0.717) is 0 Å². The molecule has 0 fully saturated rings. The summed E-state index contributed by atoms with van der Waals surface area (Å²) in [6.45, 7) is 5.95. The Labute approximate surface area is 106 Å². The van der Waals surface area contributed by atoms with Crippen molar-refractivity contribution < 1.29 is 4.79 Å². The molecule has 0 unspecified atom stereocenters. The number of carbonyl (C=O) groups is 1. The molecule has 1 aromatic carbocycles. The van der Waals surface area contributed by atoms with Crippen molar-refractivity contribution in [1.82, 2.24) is 0 Å². The molecule has 0 aliphatic heterocycles. The number of Topliss-reactive ketones (excluding diaryl/α,β-unsaturated/α-hetero) is 1. The molecule has 0 aliphatic carbocycles. The number of carbonyl (C=O) groups excluding carboxylic acids is 1. The minimum atomic E-state index is 0.0477. The summed E-state index contributed by atoms with van der Waals surface area (Å²) in [5.41, 5.74) is 2.00. The van der Waals surface area contributed by atoms with Crippen molar-refractivity contribution in [3.05, 3.63) is 46.8 Å². The van der Waals surface area contributed by atoms with E-state index in [1.54, 1.807) is 11.3 Å². The third-order valence-corrected chi connectivity index (χ3v) is 3.78. The monoisotopic (exact) mass is 244 g/mol. The van der Waals surface area contributed by atoms with Gasteiger partial charge in [-0.2, -0.15) is 0 Å². The van der Waals surface area contributed by atoms with E-state index in [1.165, 1.54) is 4.88 Å². The molecule has 0 atom stereocenters. The summed E-state index contributed by atoms with van der Waals surface area (Å²) in [5.74, 6) is 0.277. The molecule has 0 saturated heterocycles. The lowest BCUT2D eigenvalue weighted by Crippen LogP contribution is -2.07. The topological polar surface area (TPSA) is 17.1 Å². The first kappa shape index (κ1) is 12.1. The largest absolute Gasteiger partial charge is 0.294 e. The maximum Gasteiger partial charge on any atom is 0.166 e. The first-order valence-corrected chi connectivity index (χ1v) is 6.61. The van der Waals surface area contributed by atoms with Crippen molar-refractivity contribution >= 4 is 17.1 Å². The van der Waals surface area contributed by atoms with Gasteiger partial charge < -0.3 is 0 Å². The second-order valence-corrected chi connectivity index (χ2v) is 5.74. The molecule has 0 aliphatic rings. The molecule has 2 aromatic rings. The van der Waals surface area contributed by atoms with Gasteiger partial charge in [0.15, 0.2) is 5.78 Å². The highest BCUT2D eigenvalue weighted by molar-refractivity contribution is 7.15. The summed E-state index contributed by atoms with van der Waals surface area (Å²) in [5, 5.41) is 0. The summed E-state index contributed by atoms with van der Waals surface area (Å²) in [6.07, 6.45) is 0. The van der Waals surface area contributed by atoms with Crippen LogP contribution in [0.1, 0.15) is 29.1 Å². The van der Waals surface area contributed by atoms with E-state index in [2.05, 4.69) is 12.1 Å². The highest BCUT2D eigenvalue weighted by Crippen LogP contribution is 2.33. The molecule has 0 amide bonds. The van der Waals surface area contributed by atoms with Crippen LogP contribution in [0.4, 0.5) is 0 Å². The quantitative estimate of drug-likeness (QED) is 0.723. The first-order chi connectivity index (χ1) is 8.09. The zero-order valence-electron chi connectivity index (χ0n) is 10.4. The highest BCUT2D eigenvalue weighted by atomic mass is 32.1. The Balaban J connectivity index is 2.52. The molecule has 0 radical (unpaired) electrons. The van der Waals surface area contributed by atoms with Crippen molar-refractivity contribution in [2.24, 2.45) is 5.92 Å². The molecule has 0 N–H and O–H groups in total. The summed E-state index contributed by atoms with van der Waals surface area (Å²) < 4.78 is 0. The van der Waals surface area contributed by atoms with Gasteiger partial charge in [-0.25, -0.2) is 0 Å². The van der Waals surface area contributed by atoms with Crippen LogP contribution in [-0.2, 0) is 0 Å². The molecular formula is C15H16OS. The zero-order chi connectivity index (χ0) is 12.4. The highest BCUT2D eigenvalue weighted by Gasteiger charge is 2.18. The smallest absolute Gasteiger partial charge is 0.166 e. The Bertz CT molecular complexity index is 523. The number of rotatable bonds is 3. The predicted octanol–water partition coefficient (Wildman–Crippen LogP) is 4.56. The zero-order valence-corrected chi connectivity index (χ0v) is 11.2. The molecule has 0 bridgehead atoms. The molecule has 88 valence electrons. The van der Waals surface area contributed by atoms with Crippen molar-refractivity contribution in [3.8, 4) is 10.4 Å². The van der Waals surface area contributed by atoms with Crippen molar-refractivity contribution in [2.75, 3.05) is 0 Å². The van der Waals surface area contributed by atoms with Crippen molar-refractivity contribution in [2.45, 2.75) is 20.8 Å². The van der Waals surface area contributed by atoms with Crippen LogP contribution in [0.5, 0.6) is 0 Å². The van der Waals surface area contributed by atoms with E-state index in [9.17, 15) is 4.79 Å². The SMILES string of the molecule is Cc1cc(C(=O)C(C)C)c(-c2ccccc2)s1. The standard InChI is InChI=1S/C15H16OS/c1-10(2)14(16)13-9-11(3)17-15(13)12-7-5-4-6-8-12/h4-10H,1-3H3. The van der Waals surface area contributed by atoms with Crippen LogP contribution in [0, 0.1) is 12.8 Å². The van der Waals surface area contributed by atoms with E-state index in [4.69, 9.17) is 0 Å². The lowest BCUT2D eigenvalue weighted by Gasteiger charge is -2.05. The van der Waals surface area contributed by atoms with Gasteiger partial charge in [0.2, 0.25) is 0 Å². The molecule has 1 aromatic heterocycles. The average molecular weight is 244 g/mol. The summed E-state index contributed by atoms with van der Waals surface area (Å²) in [6, 6.07) is 12.1. The number of benzene rings is 1.